The van der Waals surface area contributed by atoms with Crippen molar-refractivity contribution in [3.05, 3.63) is 94.3 Å². The van der Waals surface area contributed by atoms with Crippen LogP contribution in [-0.2, 0) is 12.8 Å². The number of carboxylic acid groups (broad SMARTS) is 1. The number of aromatic nitrogens is 1. The van der Waals surface area contributed by atoms with E-state index in [-0.39, 0.29) is 11.3 Å². The van der Waals surface area contributed by atoms with Gasteiger partial charge in [-0.1, -0.05) is 56.7 Å². The van der Waals surface area contributed by atoms with Crippen LogP contribution in [0, 0.1) is 12.7 Å². The van der Waals surface area contributed by atoms with Gasteiger partial charge in [0.15, 0.2) is 0 Å². The standard InChI is InChI=1S/C30H29FN2O3/c1-4-6-12-22-19(5-2)13-16-25-27(22)26(18(3)28(32-25)20-10-8-7-9-11-20)29(34)33-24-15-14-21(30(35)36)17-23(24)31/h7-11,13-17H,4-6,12H2,1-3H3,(H,33,34)(H,35,36). The zero-order chi connectivity index (χ0) is 25.8. The Kier molecular flexibility index (Phi) is 7.44. The Hall–Kier alpha value is -4.06. The minimum atomic E-state index is -1.23. The number of aryl methyl sites for hydroxylation is 2. The van der Waals surface area contributed by atoms with Crippen molar-refractivity contribution in [1.82, 2.24) is 4.98 Å². The summed E-state index contributed by atoms with van der Waals surface area (Å²) < 4.78 is 14.7. The Labute approximate surface area is 210 Å². The van der Waals surface area contributed by atoms with Crippen LogP contribution in [0.3, 0.4) is 0 Å². The largest absolute Gasteiger partial charge is 0.478 e. The lowest BCUT2D eigenvalue weighted by Crippen LogP contribution is -2.17. The van der Waals surface area contributed by atoms with Gasteiger partial charge in [-0.15, -0.1) is 0 Å². The summed E-state index contributed by atoms with van der Waals surface area (Å²) in [7, 11) is 0. The van der Waals surface area contributed by atoms with Crippen LogP contribution in [0.4, 0.5) is 10.1 Å². The first-order valence-corrected chi connectivity index (χ1v) is 12.2. The van der Waals surface area contributed by atoms with E-state index in [2.05, 4.69) is 25.2 Å². The maximum atomic E-state index is 14.7. The number of nitrogens with zero attached hydrogens (tertiary/aromatic N) is 1. The molecule has 4 rings (SSSR count). The Morgan fingerprint density at radius 3 is 2.42 bits per heavy atom. The van der Waals surface area contributed by atoms with Gasteiger partial charge in [0.2, 0.25) is 0 Å². The van der Waals surface area contributed by atoms with E-state index in [0.717, 1.165) is 59.3 Å². The number of carbonyl (C=O) groups excluding carboxylic acids is 1. The highest BCUT2D eigenvalue weighted by molar-refractivity contribution is 6.15. The van der Waals surface area contributed by atoms with E-state index < -0.39 is 17.7 Å². The molecule has 0 aliphatic rings. The molecule has 36 heavy (non-hydrogen) atoms. The van der Waals surface area contributed by atoms with Crippen LogP contribution < -0.4 is 5.32 Å². The summed E-state index contributed by atoms with van der Waals surface area (Å²) in [6.07, 6.45) is 3.61. The van der Waals surface area contributed by atoms with E-state index in [1.54, 1.807) is 0 Å². The minimum Gasteiger partial charge on any atom is -0.478 e. The second-order valence-electron chi connectivity index (χ2n) is 8.83. The molecule has 4 aromatic rings. The van der Waals surface area contributed by atoms with Crippen molar-refractivity contribution in [2.75, 3.05) is 5.32 Å². The molecular formula is C30H29FN2O3. The first kappa shape index (κ1) is 25.0. The van der Waals surface area contributed by atoms with Gasteiger partial charge in [-0.3, -0.25) is 4.79 Å². The zero-order valence-electron chi connectivity index (χ0n) is 20.7. The Morgan fingerprint density at radius 1 is 1.03 bits per heavy atom. The van der Waals surface area contributed by atoms with Crippen LogP contribution in [-0.4, -0.2) is 22.0 Å². The monoisotopic (exact) mass is 484 g/mol. The van der Waals surface area contributed by atoms with E-state index in [1.807, 2.05) is 43.3 Å². The number of amides is 1. The molecule has 1 heterocycles. The van der Waals surface area contributed by atoms with Gasteiger partial charge in [0.1, 0.15) is 5.82 Å². The van der Waals surface area contributed by atoms with Crippen molar-refractivity contribution >= 4 is 28.5 Å². The molecule has 1 aromatic heterocycles. The number of hydrogen-bond donors (Lipinski definition) is 2. The fourth-order valence-electron chi connectivity index (χ4n) is 4.63. The fraction of sp³-hybridized carbons (Fsp3) is 0.233. The highest BCUT2D eigenvalue weighted by Crippen LogP contribution is 2.34. The van der Waals surface area contributed by atoms with Crippen molar-refractivity contribution in [1.29, 1.82) is 0 Å². The van der Waals surface area contributed by atoms with Crippen LogP contribution in [0.5, 0.6) is 0 Å². The molecule has 0 fully saturated rings. The fourth-order valence-corrected chi connectivity index (χ4v) is 4.63. The number of nitrogens with one attached hydrogen (secondary N) is 1. The number of anilines is 1. The molecule has 0 radical (unpaired) electrons. The lowest BCUT2D eigenvalue weighted by atomic mass is 9.89. The van der Waals surface area contributed by atoms with Crippen molar-refractivity contribution in [3.63, 3.8) is 0 Å². The molecule has 5 nitrogen and oxygen atoms in total. The van der Waals surface area contributed by atoms with Crippen molar-refractivity contribution in [3.8, 4) is 11.3 Å². The number of fused-ring (bicyclic) bond motifs is 1. The molecule has 0 aliphatic carbocycles. The molecule has 184 valence electrons. The smallest absolute Gasteiger partial charge is 0.335 e. The topological polar surface area (TPSA) is 79.3 Å². The number of carbonyl (C=O) groups is 2. The predicted octanol–water partition coefficient (Wildman–Crippen LogP) is 7.20. The number of halogens is 1. The van der Waals surface area contributed by atoms with E-state index in [1.165, 1.54) is 12.1 Å². The number of benzene rings is 3. The molecule has 0 saturated carbocycles. The molecule has 2 N–H and O–H groups in total. The SMILES string of the molecule is CCCCc1c(CC)ccc2nc(-c3ccccc3)c(C)c(C(=O)Nc3ccc(C(=O)O)cc3F)c12. The van der Waals surface area contributed by atoms with E-state index in [0.29, 0.717) is 16.8 Å². The summed E-state index contributed by atoms with van der Waals surface area (Å²) in [4.78, 5) is 30.0. The molecule has 0 saturated heterocycles. The Balaban J connectivity index is 1.95. The molecule has 0 bridgehead atoms. The first-order valence-electron chi connectivity index (χ1n) is 12.2. The number of pyridine rings is 1. The summed E-state index contributed by atoms with van der Waals surface area (Å²) in [6, 6.07) is 17.2. The van der Waals surface area contributed by atoms with Crippen LogP contribution in [0.15, 0.2) is 60.7 Å². The maximum absolute atomic E-state index is 14.7. The molecule has 0 atom stereocenters. The van der Waals surface area contributed by atoms with Gasteiger partial charge in [-0.2, -0.15) is 0 Å². The molecule has 6 heteroatoms. The summed E-state index contributed by atoms with van der Waals surface area (Å²) in [5.41, 5.74) is 5.47. The predicted molar refractivity (Wildman–Crippen MR) is 141 cm³/mol. The molecule has 1 amide bonds. The molecule has 3 aromatic carbocycles. The van der Waals surface area contributed by atoms with Gasteiger partial charge >= 0.3 is 5.97 Å². The van der Waals surface area contributed by atoms with Crippen LogP contribution in [0.2, 0.25) is 0 Å². The van der Waals surface area contributed by atoms with Crippen LogP contribution in [0.1, 0.15) is 64.1 Å². The lowest BCUT2D eigenvalue weighted by Gasteiger charge is -2.19. The number of carboxylic acids is 1. The number of aromatic carboxylic acids is 1. The summed E-state index contributed by atoms with van der Waals surface area (Å²) in [5.74, 6) is -2.49. The summed E-state index contributed by atoms with van der Waals surface area (Å²) in [6.45, 7) is 6.09. The molecule has 0 unspecified atom stereocenters. The van der Waals surface area contributed by atoms with E-state index >= 15 is 0 Å². The van der Waals surface area contributed by atoms with Gasteiger partial charge in [0.25, 0.3) is 5.91 Å². The van der Waals surface area contributed by atoms with Crippen molar-refractivity contribution in [2.45, 2.75) is 46.5 Å². The summed E-state index contributed by atoms with van der Waals surface area (Å²) in [5, 5.41) is 12.6. The third-order valence-corrected chi connectivity index (χ3v) is 6.50. The zero-order valence-corrected chi connectivity index (χ0v) is 20.7. The number of unbranched alkanes of at least 4 members (excludes halogenated alkanes) is 1. The lowest BCUT2D eigenvalue weighted by molar-refractivity contribution is 0.0696. The van der Waals surface area contributed by atoms with Crippen molar-refractivity contribution in [2.24, 2.45) is 0 Å². The minimum absolute atomic E-state index is 0.0719. The second kappa shape index (κ2) is 10.7. The van der Waals surface area contributed by atoms with Gasteiger partial charge < -0.3 is 10.4 Å². The summed E-state index contributed by atoms with van der Waals surface area (Å²) >= 11 is 0. The van der Waals surface area contributed by atoms with Crippen LogP contribution in [0.25, 0.3) is 22.2 Å². The highest BCUT2D eigenvalue weighted by Gasteiger charge is 2.23. The van der Waals surface area contributed by atoms with Gasteiger partial charge in [0.05, 0.1) is 28.0 Å². The number of hydrogen-bond acceptors (Lipinski definition) is 3. The molecule has 0 spiro atoms. The average Bonchev–Trinajstić information content (AvgIpc) is 2.88. The van der Waals surface area contributed by atoms with Gasteiger partial charge in [-0.25, -0.2) is 14.2 Å². The van der Waals surface area contributed by atoms with E-state index in [9.17, 15) is 14.0 Å². The number of rotatable bonds is 8. The normalized spacial score (nSPS) is 11.0. The highest BCUT2D eigenvalue weighted by atomic mass is 19.1. The third-order valence-electron chi connectivity index (χ3n) is 6.50. The average molecular weight is 485 g/mol. The van der Waals surface area contributed by atoms with Gasteiger partial charge in [0, 0.05) is 10.9 Å². The van der Waals surface area contributed by atoms with Gasteiger partial charge in [-0.05, 0) is 67.1 Å². The van der Waals surface area contributed by atoms with E-state index in [4.69, 9.17) is 10.1 Å². The third kappa shape index (κ3) is 4.85. The van der Waals surface area contributed by atoms with Crippen LogP contribution >= 0.6 is 0 Å². The first-order chi connectivity index (χ1) is 17.3. The molecule has 0 aliphatic heterocycles. The maximum Gasteiger partial charge on any atom is 0.335 e. The quantitative estimate of drug-likeness (QED) is 0.277. The Morgan fingerprint density at radius 2 is 1.78 bits per heavy atom. The molecular weight excluding hydrogens is 455 g/mol. The Bertz CT molecular complexity index is 1450. The van der Waals surface area contributed by atoms with Crippen molar-refractivity contribution < 1.29 is 19.1 Å². The second-order valence-corrected chi connectivity index (χ2v) is 8.83.